The third-order valence-corrected chi connectivity index (χ3v) is 8.74. The molecule has 2 aromatic heterocycles. The van der Waals surface area contributed by atoms with E-state index in [9.17, 15) is 9.59 Å². The minimum atomic E-state index is -0.149. The number of thiocarbonyl (C=S) groups is 1. The number of fused-ring (bicyclic) bond motifs is 1. The van der Waals surface area contributed by atoms with Crippen molar-refractivity contribution in [3.63, 3.8) is 0 Å². The SMILES string of the molecule is CCCC[C@H](CC)CN1C(=O)/C(=C/c2c(N3C[C@H](C)C[C@@H](C)C3)nc3c(C)cccn3c2=O)SC1=S. The van der Waals surface area contributed by atoms with Gasteiger partial charge in [-0.1, -0.05) is 77.0 Å². The molecule has 2 fully saturated rings. The van der Waals surface area contributed by atoms with Crippen LogP contribution in [0.1, 0.15) is 70.9 Å². The fourth-order valence-corrected chi connectivity index (χ4v) is 6.72. The summed E-state index contributed by atoms with van der Waals surface area (Å²) >= 11 is 6.92. The number of rotatable bonds is 8. The number of carbonyl (C=O) groups excluding carboxylic acids is 1. The van der Waals surface area contributed by atoms with E-state index in [2.05, 4.69) is 32.6 Å². The monoisotopic (exact) mass is 526 g/mol. The summed E-state index contributed by atoms with van der Waals surface area (Å²) in [6.07, 6.45) is 9.06. The summed E-state index contributed by atoms with van der Waals surface area (Å²) in [5, 5.41) is 0. The first kappa shape index (κ1) is 26.9. The Morgan fingerprint density at radius 2 is 1.94 bits per heavy atom. The molecule has 6 nitrogen and oxygen atoms in total. The zero-order valence-corrected chi connectivity index (χ0v) is 23.8. The van der Waals surface area contributed by atoms with Gasteiger partial charge in [0.25, 0.3) is 11.5 Å². The van der Waals surface area contributed by atoms with Crippen molar-refractivity contribution in [1.29, 1.82) is 0 Å². The Labute approximate surface area is 224 Å². The average molecular weight is 527 g/mol. The smallest absolute Gasteiger partial charge is 0.267 e. The van der Waals surface area contributed by atoms with Gasteiger partial charge < -0.3 is 4.90 Å². The maximum atomic E-state index is 13.8. The van der Waals surface area contributed by atoms with E-state index in [1.165, 1.54) is 11.8 Å². The summed E-state index contributed by atoms with van der Waals surface area (Å²) in [6, 6.07) is 3.83. The number of unbranched alkanes of at least 4 members (excludes halogenated alkanes) is 1. The van der Waals surface area contributed by atoms with Gasteiger partial charge in [-0.25, -0.2) is 4.98 Å². The number of anilines is 1. The summed E-state index contributed by atoms with van der Waals surface area (Å²) in [7, 11) is 0. The molecule has 0 saturated carbocycles. The van der Waals surface area contributed by atoms with Crippen molar-refractivity contribution >= 4 is 51.7 Å². The van der Waals surface area contributed by atoms with Crippen LogP contribution < -0.4 is 10.5 Å². The topological polar surface area (TPSA) is 57.9 Å². The van der Waals surface area contributed by atoms with Gasteiger partial charge in [-0.15, -0.1) is 0 Å². The second-order valence-electron chi connectivity index (χ2n) is 10.6. The highest BCUT2D eigenvalue weighted by molar-refractivity contribution is 8.26. The normalized spacial score (nSPS) is 22.8. The number of hydrogen-bond donors (Lipinski definition) is 0. The minimum Gasteiger partial charge on any atom is -0.355 e. The number of amides is 1. The summed E-state index contributed by atoms with van der Waals surface area (Å²) in [6.45, 7) is 13.1. The van der Waals surface area contributed by atoms with Crippen LogP contribution in [0.3, 0.4) is 0 Å². The Hall–Kier alpha value is -2.19. The van der Waals surface area contributed by atoms with E-state index in [0.717, 1.165) is 50.8 Å². The van der Waals surface area contributed by atoms with Crippen LogP contribution in [0.2, 0.25) is 0 Å². The molecule has 0 unspecified atom stereocenters. The zero-order chi connectivity index (χ0) is 26.0. The quantitative estimate of drug-likeness (QED) is 0.315. The van der Waals surface area contributed by atoms with Crippen molar-refractivity contribution < 1.29 is 4.79 Å². The first-order chi connectivity index (χ1) is 17.2. The Morgan fingerprint density at radius 3 is 2.61 bits per heavy atom. The van der Waals surface area contributed by atoms with Gasteiger partial charge in [0.15, 0.2) is 0 Å². The Kier molecular flexibility index (Phi) is 8.56. The van der Waals surface area contributed by atoms with Gasteiger partial charge in [0.2, 0.25) is 0 Å². The maximum absolute atomic E-state index is 13.8. The third kappa shape index (κ3) is 5.54. The Bertz CT molecular complexity index is 1230. The van der Waals surface area contributed by atoms with Crippen LogP contribution in [-0.2, 0) is 4.79 Å². The van der Waals surface area contributed by atoms with E-state index in [-0.39, 0.29) is 11.5 Å². The van der Waals surface area contributed by atoms with Gasteiger partial charge in [-0.3, -0.25) is 18.9 Å². The van der Waals surface area contributed by atoms with Gasteiger partial charge in [0.05, 0.1) is 10.5 Å². The minimum absolute atomic E-state index is 0.0972. The summed E-state index contributed by atoms with van der Waals surface area (Å²) in [5.74, 6) is 2.01. The first-order valence-corrected chi connectivity index (χ1v) is 14.5. The molecule has 1 amide bonds. The van der Waals surface area contributed by atoms with Crippen LogP contribution in [0.4, 0.5) is 5.82 Å². The van der Waals surface area contributed by atoms with Crippen molar-refractivity contribution in [1.82, 2.24) is 14.3 Å². The Morgan fingerprint density at radius 1 is 1.22 bits per heavy atom. The largest absolute Gasteiger partial charge is 0.355 e. The number of aromatic nitrogens is 2. The number of pyridine rings is 1. The standard InChI is InChI=1S/C28H38N4O2S2/c1-6-8-11-21(7-2)17-32-27(34)23(36-28(32)35)14-22-25(30-15-18(3)13-19(4)16-30)29-24-20(5)10-9-12-31(24)26(22)33/h9-10,12,14,18-19,21H,6-8,11,13,15-17H2,1-5H3/b23-14-/t18-,19-,21+/m1/s1. The molecule has 2 saturated heterocycles. The molecular formula is C28H38N4O2S2. The molecular weight excluding hydrogens is 488 g/mol. The second kappa shape index (κ2) is 11.5. The van der Waals surface area contributed by atoms with Gasteiger partial charge >= 0.3 is 0 Å². The predicted molar refractivity (Wildman–Crippen MR) is 155 cm³/mol. The van der Waals surface area contributed by atoms with Crippen molar-refractivity contribution in [2.45, 2.75) is 66.7 Å². The van der Waals surface area contributed by atoms with E-state index in [0.29, 0.717) is 50.6 Å². The van der Waals surface area contributed by atoms with E-state index in [4.69, 9.17) is 17.2 Å². The molecule has 3 atom stereocenters. The molecule has 0 aliphatic carbocycles. The number of carbonyl (C=O) groups is 1. The highest BCUT2D eigenvalue weighted by Gasteiger charge is 2.34. The average Bonchev–Trinajstić information content (AvgIpc) is 3.10. The molecule has 0 bridgehead atoms. The number of thioether (sulfide) groups is 1. The van der Waals surface area contributed by atoms with E-state index >= 15 is 0 Å². The molecule has 36 heavy (non-hydrogen) atoms. The van der Waals surface area contributed by atoms with Crippen LogP contribution in [0.15, 0.2) is 28.0 Å². The number of aryl methyl sites for hydroxylation is 1. The highest BCUT2D eigenvalue weighted by atomic mass is 32.2. The zero-order valence-electron chi connectivity index (χ0n) is 22.1. The predicted octanol–water partition coefficient (Wildman–Crippen LogP) is 5.90. The van der Waals surface area contributed by atoms with E-state index in [1.807, 2.05) is 19.1 Å². The van der Waals surface area contributed by atoms with Gasteiger partial charge in [-0.05, 0) is 55.2 Å². The third-order valence-electron chi connectivity index (χ3n) is 7.37. The number of piperidine rings is 1. The first-order valence-electron chi connectivity index (χ1n) is 13.3. The van der Waals surface area contributed by atoms with Gasteiger partial charge in [-0.2, -0.15) is 0 Å². The van der Waals surface area contributed by atoms with Gasteiger partial charge in [0.1, 0.15) is 15.8 Å². The van der Waals surface area contributed by atoms with Crippen LogP contribution in [0.5, 0.6) is 0 Å². The maximum Gasteiger partial charge on any atom is 0.267 e. The van der Waals surface area contributed by atoms with Gasteiger partial charge in [0, 0.05) is 25.8 Å². The lowest BCUT2D eigenvalue weighted by atomic mass is 9.91. The Balaban J connectivity index is 1.76. The van der Waals surface area contributed by atoms with Crippen molar-refractivity contribution in [2.75, 3.05) is 24.5 Å². The molecule has 2 aliphatic rings. The summed E-state index contributed by atoms with van der Waals surface area (Å²) in [4.78, 5) is 36.7. The molecule has 8 heteroatoms. The summed E-state index contributed by atoms with van der Waals surface area (Å²) < 4.78 is 2.17. The molecule has 2 aromatic rings. The molecule has 194 valence electrons. The lowest BCUT2D eigenvalue weighted by Gasteiger charge is -2.36. The highest BCUT2D eigenvalue weighted by Crippen LogP contribution is 2.35. The van der Waals surface area contributed by atoms with Crippen LogP contribution in [0, 0.1) is 24.7 Å². The van der Waals surface area contributed by atoms with Crippen molar-refractivity contribution in [2.24, 2.45) is 17.8 Å². The molecule has 0 radical (unpaired) electrons. The fraction of sp³-hybridized carbons (Fsp3) is 0.571. The fourth-order valence-electron chi connectivity index (χ4n) is 5.47. The molecule has 0 aromatic carbocycles. The molecule has 0 N–H and O–H groups in total. The van der Waals surface area contributed by atoms with Crippen molar-refractivity contribution in [3.05, 3.63) is 44.7 Å². The molecule has 4 rings (SSSR count). The van der Waals surface area contributed by atoms with Crippen molar-refractivity contribution in [3.8, 4) is 0 Å². The molecule has 4 heterocycles. The van der Waals surface area contributed by atoms with Crippen LogP contribution in [0.25, 0.3) is 11.7 Å². The lowest BCUT2D eigenvalue weighted by molar-refractivity contribution is -0.122. The summed E-state index contributed by atoms with van der Waals surface area (Å²) in [5.41, 5.74) is 1.93. The number of hydrogen-bond acceptors (Lipinski definition) is 6. The number of nitrogens with zero attached hydrogens (tertiary/aromatic N) is 4. The van der Waals surface area contributed by atoms with Crippen LogP contribution in [-0.4, -0.2) is 44.1 Å². The van der Waals surface area contributed by atoms with E-state index < -0.39 is 0 Å². The lowest BCUT2D eigenvalue weighted by Crippen LogP contribution is -2.40. The molecule has 2 aliphatic heterocycles. The second-order valence-corrected chi connectivity index (χ2v) is 12.3. The van der Waals surface area contributed by atoms with Crippen LogP contribution >= 0.6 is 24.0 Å². The molecule has 0 spiro atoms. The van der Waals surface area contributed by atoms with E-state index in [1.54, 1.807) is 21.6 Å².